The quantitative estimate of drug-likeness (QED) is 0.809. The van der Waals surface area contributed by atoms with Gasteiger partial charge in [0.1, 0.15) is 12.4 Å². The third kappa shape index (κ3) is 4.45. The Morgan fingerprint density at radius 1 is 1.16 bits per heavy atom. The summed E-state index contributed by atoms with van der Waals surface area (Å²) in [6.07, 6.45) is 2.24. The molecule has 0 bridgehead atoms. The number of nitrogens with one attached hydrogen (secondary N) is 1. The number of hydrogen-bond donors (Lipinski definition) is 1. The zero-order chi connectivity index (χ0) is 17.7. The number of carbonyl (C=O) groups excluding carboxylic acids is 1. The van der Waals surface area contributed by atoms with E-state index in [1.165, 1.54) is 5.56 Å². The Labute approximate surface area is 153 Å². The van der Waals surface area contributed by atoms with E-state index in [0.29, 0.717) is 30.5 Å². The van der Waals surface area contributed by atoms with Crippen LogP contribution in [0.15, 0.2) is 54.6 Å². The van der Waals surface area contributed by atoms with E-state index in [1.807, 2.05) is 24.3 Å². The van der Waals surface area contributed by atoms with Crippen molar-refractivity contribution in [2.45, 2.75) is 18.3 Å². The molecular formula is C20H23ClN2O2. The molecule has 1 fully saturated rings. The molecule has 5 heteroatoms. The van der Waals surface area contributed by atoms with Gasteiger partial charge in [-0.3, -0.25) is 0 Å². The Hall–Kier alpha value is -2.20. The first kappa shape index (κ1) is 17.6. The van der Waals surface area contributed by atoms with Gasteiger partial charge in [0.15, 0.2) is 0 Å². The van der Waals surface area contributed by atoms with E-state index in [4.69, 9.17) is 16.3 Å². The van der Waals surface area contributed by atoms with Crippen LogP contribution in [-0.4, -0.2) is 37.7 Å². The van der Waals surface area contributed by atoms with Crippen molar-refractivity contribution < 1.29 is 9.53 Å². The number of halogens is 1. The van der Waals surface area contributed by atoms with Crippen LogP contribution in [0.5, 0.6) is 5.75 Å². The molecular weight excluding hydrogens is 336 g/mol. The van der Waals surface area contributed by atoms with Crippen molar-refractivity contribution in [1.29, 1.82) is 0 Å². The average molecular weight is 359 g/mol. The van der Waals surface area contributed by atoms with Gasteiger partial charge in [-0.1, -0.05) is 54.1 Å². The average Bonchev–Trinajstić information content (AvgIpc) is 3.43. The third-order valence-corrected chi connectivity index (χ3v) is 5.00. The van der Waals surface area contributed by atoms with Crippen LogP contribution in [0.25, 0.3) is 0 Å². The number of hydrogen-bond acceptors (Lipinski definition) is 2. The van der Waals surface area contributed by atoms with Gasteiger partial charge in [-0.25, -0.2) is 4.79 Å². The molecule has 0 spiro atoms. The first-order valence-corrected chi connectivity index (χ1v) is 8.90. The molecule has 0 saturated heterocycles. The number of rotatable bonds is 7. The van der Waals surface area contributed by atoms with Crippen molar-refractivity contribution in [3.63, 3.8) is 0 Å². The SMILES string of the molecule is CN(CCOc1ccccc1Cl)C(=O)NCC1(c2ccccc2)CC1. The minimum atomic E-state index is -0.0787. The number of urea groups is 1. The highest BCUT2D eigenvalue weighted by molar-refractivity contribution is 6.32. The second-order valence-corrected chi connectivity index (χ2v) is 6.91. The van der Waals surface area contributed by atoms with E-state index in [0.717, 1.165) is 12.8 Å². The molecule has 132 valence electrons. The van der Waals surface area contributed by atoms with Crippen molar-refractivity contribution in [2.75, 3.05) is 26.7 Å². The molecule has 1 aliphatic rings. The summed E-state index contributed by atoms with van der Waals surface area (Å²) >= 11 is 6.05. The standard InChI is InChI=1S/C20H23ClN2O2/c1-23(13-14-25-18-10-6-5-9-17(18)21)19(24)22-15-20(11-12-20)16-7-3-2-4-8-16/h2-10H,11-15H2,1H3,(H,22,24). The molecule has 0 unspecified atom stereocenters. The molecule has 0 radical (unpaired) electrons. The molecule has 1 saturated carbocycles. The zero-order valence-electron chi connectivity index (χ0n) is 14.4. The highest BCUT2D eigenvalue weighted by Crippen LogP contribution is 2.47. The van der Waals surface area contributed by atoms with E-state index in [9.17, 15) is 4.79 Å². The van der Waals surface area contributed by atoms with Gasteiger partial charge < -0.3 is 15.0 Å². The van der Waals surface area contributed by atoms with E-state index in [2.05, 4.69) is 29.6 Å². The minimum absolute atomic E-state index is 0.0787. The van der Waals surface area contributed by atoms with Crippen molar-refractivity contribution in [2.24, 2.45) is 0 Å². The second kappa shape index (κ2) is 7.79. The molecule has 0 heterocycles. The van der Waals surface area contributed by atoms with Gasteiger partial charge in [0.05, 0.1) is 11.6 Å². The molecule has 1 aliphatic carbocycles. The number of benzene rings is 2. The molecule has 2 aromatic rings. The Morgan fingerprint density at radius 3 is 2.52 bits per heavy atom. The summed E-state index contributed by atoms with van der Waals surface area (Å²) in [6.45, 7) is 1.57. The fourth-order valence-electron chi connectivity index (χ4n) is 2.85. The Bertz CT molecular complexity index is 717. The summed E-state index contributed by atoms with van der Waals surface area (Å²) in [7, 11) is 1.77. The zero-order valence-corrected chi connectivity index (χ0v) is 15.1. The lowest BCUT2D eigenvalue weighted by Gasteiger charge is -2.21. The van der Waals surface area contributed by atoms with E-state index < -0.39 is 0 Å². The van der Waals surface area contributed by atoms with Gasteiger partial charge in [0.25, 0.3) is 0 Å². The van der Waals surface area contributed by atoms with Crippen LogP contribution in [0.3, 0.4) is 0 Å². The lowest BCUT2D eigenvalue weighted by atomic mass is 9.96. The second-order valence-electron chi connectivity index (χ2n) is 6.51. The van der Waals surface area contributed by atoms with Crippen molar-refractivity contribution in [1.82, 2.24) is 10.2 Å². The fourth-order valence-corrected chi connectivity index (χ4v) is 3.04. The number of nitrogens with zero attached hydrogens (tertiary/aromatic N) is 1. The van der Waals surface area contributed by atoms with E-state index in [-0.39, 0.29) is 11.4 Å². The Kier molecular flexibility index (Phi) is 5.49. The molecule has 0 atom stereocenters. The lowest BCUT2D eigenvalue weighted by molar-refractivity contribution is 0.194. The first-order valence-electron chi connectivity index (χ1n) is 8.53. The van der Waals surface area contributed by atoms with Crippen LogP contribution in [0, 0.1) is 0 Å². The largest absolute Gasteiger partial charge is 0.490 e. The van der Waals surface area contributed by atoms with Crippen LogP contribution in [0.4, 0.5) is 4.79 Å². The van der Waals surface area contributed by atoms with E-state index >= 15 is 0 Å². The predicted molar refractivity (Wildman–Crippen MR) is 100 cm³/mol. The number of ether oxygens (including phenoxy) is 1. The maximum atomic E-state index is 12.3. The van der Waals surface area contributed by atoms with Crippen LogP contribution in [0.2, 0.25) is 5.02 Å². The highest BCUT2D eigenvalue weighted by atomic mass is 35.5. The minimum Gasteiger partial charge on any atom is -0.490 e. The number of carbonyl (C=O) groups is 1. The van der Waals surface area contributed by atoms with Gasteiger partial charge in [0, 0.05) is 19.0 Å². The summed E-state index contributed by atoms with van der Waals surface area (Å²) in [5.74, 6) is 0.638. The summed E-state index contributed by atoms with van der Waals surface area (Å²) in [5, 5.41) is 3.63. The molecule has 3 rings (SSSR count). The number of para-hydroxylation sites is 1. The summed E-state index contributed by atoms with van der Waals surface area (Å²) < 4.78 is 5.63. The van der Waals surface area contributed by atoms with Gasteiger partial charge in [0.2, 0.25) is 0 Å². The maximum Gasteiger partial charge on any atom is 0.317 e. The first-order chi connectivity index (χ1) is 12.1. The summed E-state index contributed by atoms with van der Waals surface area (Å²) in [4.78, 5) is 13.9. The lowest BCUT2D eigenvalue weighted by Crippen LogP contribution is -2.42. The molecule has 2 aromatic carbocycles. The predicted octanol–water partition coefficient (Wildman–Crippen LogP) is 4.09. The van der Waals surface area contributed by atoms with Gasteiger partial charge in [-0.15, -0.1) is 0 Å². The van der Waals surface area contributed by atoms with Crippen molar-refractivity contribution >= 4 is 17.6 Å². The smallest absolute Gasteiger partial charge is 0.317 e. The monoisotopic (exact) mass is 358 g/mol. The third-order valence-electron chi connectivity index (χ3n) is 4.69. The maximum absolute atomic E-state index is 12.3. The van der Waals surface area contributed by atoms with Crippen LogP contribution in [0.1, 0.15) is 18.4 Å². The van der Waals surface area contributed by atoms with Gasteiger partial charge >= 0.3 is 6.03 Å². The van der Waals surface area contributed by atoms with E-state index in [1.54, 1.807) is 18.0 Å². The van der Waals surface area contributed by atoms with Crippen molar-refractivity contribution in [3.8, 4) is 5.75 Å². The molecule has 0 aromatic heterocycles. The normalized spacial score (nSPS) is 14.6. The van der Waals surface area contributed by atoms with Crippen LogP contribution >= 0.6 is 11.6 Å². The fraction of sp³-hybridized carbons (Fsp3) is 0.350. The topological polar surface area (TPSA) is 41.6 Å². The van der Waals surface area contributed by atoms with Crippen molar-refractivity contribution in [3.05, 3.63) is 65.2 Å². The molecule has 1 N–H and O–H groups in total. The summed E-state index contributed by atoms with van der Waals surface area (Å²) in [5.41, 5.74) is 1.42. The molecule has 25 heavy (non-hydrogen) atoms. The molecule has 2 amide bonds. The molecule has 4 nitrogen and oxygen atoms in total. The van der Waals surface area contributed by atoms with Crippen LogP contribution in [-0.2, 0) is 5.41 Å². The highest BCUT2D eigenvalue weighted by Gasteiger charge is 2.44. The van der Waals surface area contributed by atoms with Gasteiger partial charge in [-0.05, 0) is 30.5 Å². The summed E-state index contributed by atoms with van der Waals surface area (Å²) in [6, 6.07) is 17.7. The number of likely N-dealkylation sites (N-methyl/N-ethyl adjacent to an activating group) is 1. The Balaban J connectivity index is 1.43. The van der Waals surface area contributed by atoms with Crippen LogP contribution < -0.4 is 10.1 Å². The number of amides is 2. The Morgan fingerprint density at radius 2 is 1.84 bits per heavy atom. The molecule has 0 aliphatic heterocycles. The van der Waals surface area contributed by atoms with Gasteiger partial charge in [-0.2, -0.15) is 0 Å².